The molecule has 2 rings (SSSR count). The van der Waals surface area contributed by atoms with Gasteiger partial charge in [-0.25, -0.2) is 0 Å². The maximum Gasteiger partial charge on any atom is 0.294 e. The molecule has 0 aliphatic rings. The van der Waals surface area contributed by atoms with Crippen LogP contribution in [0.2, 0.25) is 5.02 Å². The molecular weight excluding hydrogens is 376 g/mol. The van der Waals surface area contributed by atoms with E-state index in [2.05, 4.69) is 26.3 Å². The van der Waals surface area contributed by atoms with Gasteiger partial charge in [0.1, 0.15) is 5.69 Å². The number of amides is 1. The minimum Gasteiger partial charge on any atom is -0.320 e. The first-order valence-corrected chi connectivity index (χ1v) is 7.47. The number of anilines is 1. The molecule has 0 atom stereocenters. The van der Waals surface area contributed by atoms with Crippen molar-refractivity contribution in [2.24, 2.45) is 0 Å². The summed E-state index contributed by atoms with van der Waals surface area (Å²) in [5, 5.41) is 17.9. The van der Waals surface area contributed by atoms with Crippen molar-refractivity contribution in [3.63, 3.8) is 0 Å². The van der Waals surface area contributed by atoms with Crippen molar-refractivity contribution in [3.8, 4) is 0 Å². The first kappa shape index (κ1) is 16.4. The van der Waals surface area contributed by atoms with E-state index in [1.165, 1.54) is 18.2 Å². The van der Waals surface area contributed by atoms with Gasteiger partial charge < -0.3 is 5.32 Å². The van der Waals surface area contributed by atoms with Gasteiger partial charge in [-0.2, -0.15) is 5.10 Å². The van der Waals surface area contributed by atoms with Crippen LogP contribution >= 0.6 is 27.5 Å². The van der Waals surface area contributed by atoms with E-state index in [1.807, 2.05) is 6.92 Å². The highest BCUT2D eigenvalue weighted by atomic mass is 79.9. The summed E-state index contributed by atoms with van der Waals surface area (Å²) in [6.45, 7) is 2.22. The average Bonchev–Trinajstić information content (AvgIpc) is 2.77. The summed E-state index contributed by atoms with van der Waals surface area (Å²) in [5.74, 6) is -0.338. The average molecular weight is 388 g/mol. The van der Waals surface area contributed by atoms with E-state index in [0.29, 0.717) is 6.54 Å². The second-order valence-corrected chi connectivity index (χ2v) is 5.83. The molecule has 0 saturated heterocycles. The number of nitro groups is 1. The Morgan fingerprint density at radius 1 is 1.55 bits per heavy atom. The van der Waals surface area contributed by atoms with Crippen LogP contribution in [-0.2, 0) is 11.3 Å². The Bertz CT molecular complexity index is 713. The number of nitrogens with one attached hydrogen (secondary N) is 1. The van der Waals surface area contributed by atoms with Gasteiger partial charge in [-0.15, -0.1) is 0 Å². The van der Waals surface area contributed by atoms with Gasteiger partial charge in [-0.1, -0.05) is 11.6 Å². The van der Waals surface area contributed by atoms with Crippen LogP contribution in [0.4, 0.5) is 11.4 Å². The lowest BCUT2D eigenvalue weighted by atomic mass is 10.2. The zero-order valence-corrected chi connectivity index (χ0v) is 13.9. The van der Waals surface area contributed by atoms with Crippen LogP contribution in [0.25, 0.3) is 0 Å². The lowest BCUT2D eigenvalue weighted by Crippen LogP contribution is -2.15. The minimum absolute atomic E-state index is 0.122. The van der Waals surface area contributed by atoms with Gasteiger partial charge in [-0.05, 0) is 35.0 Å². The second kappa shape index (κ2) is 6.89. The molecule has 0 fully saturated rings. The fourth-order valence-corrected chi connectivity index (χ4v) is 2.28. The number of halogens is 2. The Morgan fingerprint density at radius 2 is 2.27 bits per heavy atom. The number of hydrogen-bond acceptors (Lipinski definition) is 4. The SMILES string of the molecule is Cc1nn(CCC(=O)Nc2ccc(Cl)cc2[N+](=O)[O-])cc1Br. The lowest BCUT2D eigenvalue weighted by Gasteiger charge is -2.06. The highest BCUT2D eigenvalue weighted by Gasteiger charge is 2.16. The summed E-state index contributed by atoms with van der Waals surface area (Å²) in [5.41, 5.74) is 0.713. The molecule has 0 aliphatic heterocycles. The number of aryl methyl sites for hydroxylation is 2. The zero-order valence-electron chi connectivity index (χ0n) is 11.5. The van der Waals surface area contributed by atoms with E-state index in [1.54, 1.807) is 10.9 Å². The third-order valence-electron chi connectivity index (χ3n) is 2.88. The maximum atomic E-state index is 11.9. The van der Waals surface area contributed by atoms with Crippen molar-refractivity contribution in [3.05, 3.63) is 49.7 Å². The lowest BCUT2D eigenvalue weighted by molar-refractivity contribution is -0.383. The largest absolute Gasteiger partial charge is 0.320 e. The molecule has 2 aromatic rings. The number of carbonyl (C=O) groups is 1. The van der Waals surface area contributed by atoms with Crippen LogP contribution in [0.3, 0.4) is 0 Å². The predicted molar refractivity (Wildman–Crippen MR) is 86.0 cm³/mol. The molecule has 9 heteroatoms. The number of hydrogen-bond donors (Lipinski definition) is 1. The van der Waals surface area contributed by atoms with Gasteiger partial charge in [0.2, 0.25) is 5.91 Å². The Hall–Kier alpha value is -1.93. The van der Waals surface area contributed by atoms with Crippen molar-refractivity contribution in [2.45, 2.75) is 19.9 Å². The number of benzene rings is 1. The third kappa shape index (κ3) is 4.05. The van der Waals surface area contributed by atoms with E-state index < -0.39 is 4.92 Å². The second-order valence-electron chi connectivity index (χ2n) is 4.54. The Kier molecular flexibility index (Phi) is 5.15. The summed E-state index contributed by atoms with van der Waals surface area (Å²) >= 11 is 9.06. The van der Waals surface area contributed by atoms with Crippen molar-refractivity contribution in [2.75, 3.05) is 5.32 Å². The van der Waals surface area contributed by atoms with Gasteiger partial charge in [0.05, 0.1) is 15.1 Å². The molecule has 7 nitrogen and oxygen atoms in total. The summed E-state index contributed by atoms with van der Waals surface area (Å²) < 4.78 is 2.50. The Labute approximate surface area is 139 Å². The molecule has 22 heavy (non-hydrogen) atoms. The molecule has 0 spiro atoms. The molecule has 0 saturated carbocycles. The summed E-state index contributed by atoms with van der Waals surface area (Å²) in [6, 6.07) is 4.09. The molecule has 1 aromatic heterocycles. The molecule has 0 radical (unpaired) electrons. The molecule has 0 aliphatic carbocycles. The topological polar surface area (TPSA) is 90.1 Å². The van der Waals surface area contributed by atoms with E-state index >= 15 is 0 Å². The van der Waals surface area contributed by atoms with Crippen molar-refractivity contribution < 1.29 is 9.72 Å². The smallest absolute Gasteiger partial charge is 0.294 e. The molecule has 0 bridgehead atoms. The van der Waals surface area contributed by atoms with Crippen molar-refractivity contribution >= 4 is 44.8 Å². The first-order valence-electron chi connectivity index (χ1n) is 6.30. The van der Waals surface area contributed by atoms with Crippen LogP contribution in [0.5, 0.6) is 0 Å². The van der Waals surface area contributed by atoms with E-state index in [4.69, 9.17) is 11.6 Å². The molecule has 1 aromatic carbocycles. The summed E-state index contributed by atoms with van der Waals surface area (Å²) in [7, 11) is 0. The van der Waals surface area contributed by atoms with E-state index in [0.717, 1.165) is 10.2 Å². The fraction of sp³-hybridized carbons (Fsp3) is 0.231. The number of aromatic nitrogens is 2. The monoisotopic (exact) mass is 386 g/mol. The van der Waals surface area contributed by atoms with Gasteiger partial charge in [-0.3, -0.25) is 19.6 Å². The van der Waals surface area contributed by atoms with Crippen LogP contribution in [0.15, 0.2) is 28.9 Å². The molecule has 0 unspecified atom stereocenters. The normalized spacial score (nSPS) is 10.5. The van der Waals surface area contributed by atoms with Gasteiger partial charge >= 0.3 is 0 Å². The van der Waals surface area contributed by atoms with Crippen molar-refractivity contribution in [1.82, 2.24) is 9.78 Å². The Balaban J connectivity index is 2.01. The van der Waals surface area contributed by atoms with E-state index in [-0.39, 0.29) is 28.7 Å². The molecule has 1 amide bonds. The Morgan fingerprint density at radius 3 is 2.86 bits per heavy atom. The minimum atomic E-state index is -0.588. The molecule has 116 valence electrons. The number of nitrogens with zero attached hydrogens (tertiary/aromatic N) is 3. The van der Waals surface area contributed by atoms with Gasteiger partial charge in [0.25, 0.3) is 5.69 Å². The standard InChI is InChI=1S/C13H12BrClN4O3/c1-8-10(14)7-18(17-8)5-4-13(20)16-11-3-2-9(15)6-12(11)19(21)22/h2-3,6-7H,4-5H2,1H3,(H,16,20). The quantitative estimate of drug-likeness (QED) is 0.627. The third-order valence-corrected chi connectivity index (χ3v) is 3.90. The zero-order chi connectivity index (χ0) is 16.3. The van der Waals surface area contributed by atoms with Crippen molar-refractivity contribution in [1.29, 1.82) is 0 Å². The van der Waals surface area contributed by atoms with Crippen LogP contribution < -0.4 is 5.32 Å². The highest BCUT2D eigenvalue weighted by molar-refractivity contribution is 9.10. The number of nitro benzene ring substituents is 1. The van der Waals surface area contributed by atoms with Gasteiger partial charge in [0.15, 0.2) is 0 Å². The fourth-order valence-electron chi connectivity index (χ4n) is 1.80. The van der Waals surface area contributed by atoms with Crippen LogP contribution in [-0.4, -0.2) is 20.6 Å². The predicted octanol–water partition coefficient (Wildman–Crippen LogP) is 3.54. The summed E-state index contributed by atoms with van der Waals surface area (Å²) in [6.07, 6.45) is 1.92. The van der Waals surface area contributed by atoms with Crippen LogP contribution in [0, 0.1) is 17.0 Å². The van der Waals surface area contributed by atoms with E-state index in [9.17, 15) is 14.9 Å². The molecule has 1 N–H and O–H groups in total. The summed E-state index contributed by atoms with van der Waals surface area (Å²) in [4.78, 5) is 22.3. The number of carbonyl (C=O) groups excluding carboxylic acids is 1. The maximum absolute atomic E-state index is 11.9. The van der Waals surface area contributed by atoms with Gasteiger partial charge in [0, 0.05) is 30.3 Å². The molecular formula is C13H12BrClN4O3. The first-order chi connectivity index (χ1) is 10.4. The number of rotatable bonds is 5. The molecule has 1 heterocycles. The highest BCUT2D eigenvalue weighted by Crippen LogP contribution is 2.27. The van der Waals surface area contributed by atoms with Crippen LogP contribution in [0.1, 0.15) is 12.1 Å².